The van der Waals surface area contributed by atoms with Gasteiger partial charge in [-0.15, -0.1) is 0 Å². The van der Waals surface area contributed by atoms with Gasteiger partial charge < -0.3 is 15.0 Å². The van der Waals surface area contributed by atoms with Crippen molar-refractivity contribution in [1.29, 1.82) is 0 Å². The van der Waals surface area contributed by atoms with Crippen LogP contribution in [0.1, 0.15) is 0 Å². The van der Waals surface area contributed by atoms with Crippen molar-refractivity contribution in [2.24, 2.45) is 0 Å². The molecule has 0 saturated heterocycles. The second-order valence-corrected chi connectivity index (χ2v) is 1.83. The topological polar surface area (TPSA) is 63.6 Å². The van der Waals surface area contributed by atoms with Crippen molar-refractivity contribution >= 4 is 5.97 Å². The fourth-order valence-corrected chi connectivity index (χ4v) is 0.470. The average Bonchev–Trinajstić information content (AvgIpc) is 1.63. The molecular weight excluding hydrogens is 161 g/mol. The summed E-state index contributed by atoms with van der Waals surface area (Å²) in [5, 5.41) is 18.1. The number of hydrogen-bond donors (Lipinski definition) is 1. The van der Waals surface area contributed by atoms with Gasteiger partial charge in [0.15, 0.2) is 0 Å². The minimum Gasteiger partial charge on any atom is -0.549 e. The van der Waals surface area contributed by atoms with E-state index in [1.807, 2.05) is 0 Å². The van der Waals surface area contributed by atoms with E-state index < -0.39 is 5.97 Å². The van der Waals surface area contributed by atoms with Crippen LogP contribution in [0.3, 0.4) is 0 Å². The summed E-state index contributed by atoms with van der Waals surface area (Å²) in [5.74, 6) is -1.12. The first-order chi connectivity index (χ1) is 4.16. The summed E-state index contributed by atoms with van der Waals surface area (Å²) < 4.78 is 0. The Balaban J connectivity index is 0. The van der Waals surface area contributed by atoms with Gasteiger partial charge in [-0.2, -0.15) is 0 Å². The Kier molecular flexibility index (Phi) is 11.1. The maximum absolute atomic E-state index is 9.85. The van der Waals surface area contributed by atoms with Crippen molar-refractivity contribution in [3.05, 3.63) is 0 Å². The number of rotatable bonds is 4. The van der Waals surface area contributed by atoms with E-state index in [1.54, 1.807) is 7.05 Å². The Morgan fingerprint density at radius 3 is 2.50 bits per heavy atom. The molecule has 0 amide bonds. The van der Waals surface area contributed by atoms with E-state index in [0.29, 0.717) is 6.54 Å². The predicted octanol–water partition coefficient (Wildman–Crippen LogP) is -5.34. The smallest absolute Gasteiger partial charge is 0.549 e. The van der Waals surface area contributed by atoms with Gasteiger partial charge in [0.05, 0.1) is 12.6 Å². The fourth-order valence-electron chi connectivity index (χ4n) is 0.470. The molecule has 0 atom stereocenters. The monoisotopic (exact) mass is 171 g/mol. The van der Waals surface area contributed by atoms with Crippen molar-refractivity contribution in [2.75, 3.05) is 26.7 Å². The summed E-state index contributed by atoms with van der Waals surface area (Å²) in [6, 6.07) is 0. The largest absolute Gasteiger partial charge is 1.00 e. The van der Waals surface area contributed by atoms with Gasteiger partial charge in [0.25, 0.3) is 0 Å². The van der Waals surface area contributed by atoms with Crippen molar-refractivity contribution in [1.82, 2.24) is 4.90 Å². The zero-order chi connectivity index (χ0) is 7.28. The molecule has 0 fully saturated rings. The standard InChI is InChI=1S/C5H11NO3.K/c1-6(2-3-7)4-5(8)9;/h7H,2-4H2,1H3,(H,8,9);/q;+1/p-1. The van der Waals surface area contributed by atoms with Crippen LogP contribution in [0.2, 0.25) is 0 Å². The number of likely N-dealkylation sites (N-methyl/N-ethyl adjacent to an activating group) is 1. The second-order valence-electron chi connectivity index (χ2n) is 1.83. The number of carboxylic acids is 1. The van der Waals surface area contributed by atoms with Crippen LogP contribution in [0.25, 0.3) is 0 Å². The van der Waals surface area contributed by atoms with Crippen LogP contribution in [0.15, 0.2) is 0 Å². The van der Waals surface area contributed by atoms with Gasteiger partial charge in [0.2, 0.25) is 0 Å². The van der Waals surface area contributed by atoms with Crippen molar-refractivity contribution in [2.45, 2.75) is 0 Å². The number of carbonyl (C=O) groups is 1. The summed E-state index contributed by atoms with van der Waals surface area (Å²) in [6.45, 7) is 0.221. The summed E-state index contributed by atoms with van der Waals surface area (Å²) in [4.78, 5) is 11.3. The summed E-state index contributed by atoms with van der Waals surface area (Å²) in [5.41, 5.74) is 0. The summed E-state index contributed by atoms with van der Waals surface area (Å²) in [6.07, 6.45) is 0. The maximum atomic E-state index is 9.85. The molecule has 0 spiro atoms. The normalized spacial score (nSPS) is 9.10. The molecule has 0 rings (SSSR count). The molecule has 0 saturated carbocycles. The third-order valence-electron chi connectivity index (χ3n) is 0.881. The SMILES string of the molecule is CN(CCO)CC(=O)[O-].[K+]. The molecule has 0 aliphatic heterocycles. The summed E-state index contributed by atoms with van der Waals surface area (Å²) >= 11 is 0. The Morgan fingerprint density at radius 1 is 1.70 bits per heavy atom. The van der Waals surface area contributed by atoms with Gasteiger partial charge in [-0.3, -0.25) is 4.90 Å². The molecule has 54 valence electrons. The van der Waals surface area contributed by atoms with Crippen LogP contribution in [0, 0.1) is 0 Å². The van der Waals surface area contributed by atoms with Crippen LogP contribution >= 0.6 is 0 Å². The van der Waals surface area contributed by atoms with E-state index >= 15 is 0 Å². The van der Waals surface area contributed by atoms with Crippen LogP contribution in [0.5, 0.6) is 0 Å². The first-order valence-electron chi connectivity index (χ1n) is 2.66. The van der Waals surface area contributed by atoms with Crippen LogP contribution < -0.4 is 56.5 Å². The van der Waals surface area contributed by atoms with Gasteiger partial charge in [-0.05, 0) is 7.05 Å². The van der Waals surface area contributed by atoms with E-state index in [1.165, 1.54) is 4.90 Å². The van der Waals surface area contributed by atoms with Gasteiger partial charge >= 0.3 is 51.4 Å². The second kappa shape index (κ2) is 8.13. The molecule has 0 heterocycles. The number of aliphatic hydroxyl groups excluding tert-OH is 1. The van der Waals surface area contributed by atoms with Gasteiger partial charge in [-0.1, -0.05) is 0 Å². The van der Waals surface area contributed by atoms with E-state index in [-0.39, 0.29) is 64.5 Å². The predicted molar refractivity (Wildman–Crippen MR) is 29.6 cm³/mol. The van der Waals surface area contributed by atoms with Crippen molar-refractivity contribution < 1.29 is 66.4 Å². The quantitative estimate of drug-likeness (QED) is 0.429. The molecule has 10 heavy (non-hydrogen) atoms. The van der Waals surface area contributed by atoms with Crippen molar-refractivity contribution in [3.63, 3.8) is 0 Å². The molecule has 0 aliphatic rings. The Bertz CT molecular complexity index is 98.9. The molecule has 0 aromatic rings. The molecule has 0 bridgehead atoms. The zero-order valence-electron chi connectivity index (χ0n) is 6.33. The Labute approximate surface area is 103 Å². The third kappa shape index (κ3) is 9.03. The van der Waals surface area contributed by atoms with Crippen LogP contribution in [0.4, 0.5) is 0 Å². The zero-order valence-corrected chi connectivity index (χ0v) is 9.46. The number of carbonyl (C=O) groups excluding carboxylic acids is 1. The molecule has 0 radical (unpaired) electrons. The summed E-state index contributed by atoms with van der Waals surface area (Å²) in [7, 11) is 1.60. The molecular formula is C5H10KNO3. The van der Waals surface area contributed by atoms with E-state index in [9.17, 15) is 9.90 Å². The Morgan fingerprint density at radius 2 is 2.20 bits per heavy atom. The third-order valence-corrected chi connectivity index (χ3v) is 0.881. The van der Waals surface area contributed by atoms with E-state index in [2.05, 4.69) is 0 Å². The van der Waals surface area contributed by atoms with Crippen LogP contribution in [-0.2, 0) is 4.79 Å². The van der Waals surface area contributed by atoms with E-state index in [0.717, 1.165) is 0 Å². The van der Waals surface area contributed by atoms with Crippen LogP contribution in [-0.4, -0.2) is 42.7 Å². The first-order valence-corrected chi connectivity index (χ1v) is 2.66. The first kappa shape index (κ1) is 13.6. The molecule has 0 aromatic heterocycles. The number of aliphatic hydroxyl groups is 1. The van der Waals surface area contributed by atoms with E-state index in [4.69, 9.17) is 5.11 Å². The molecule has 0 aliphatic carbocycles. The molecule has 1 N–H and O–H groups in total. The average molecular weight is 171 g/mol. The molecule has 4 nitrogen and oxygen atoms in total. The maximum Gasteiger partial charge on any atom is 1.00 e. The number of aliphatic carboxylic acids is 1. The fraction of sp³-hybridized carbons (Fsp3) is 0.800. The number of carboxylic acid groups (broad SMARTS) is 1. The molecule has 5 heteroatoms. The van der Waals surface area contributed by atoms with Gasteiger partial charge in [0.1, 0.15) is 0 Å². The van der Waals surface area contributed by atoms with Crippen molar-refractivity contribution in [3.8, 4) is 0 Å². The number of nitrogens with zero attached hydrogens (tertiary/aromatic N) is 1. The van der Waals surface area contributed by atoms with Gasteiger partial charge in [0, 0.05) is 13.1 Å². The number of hydrogen-bond acceptors (Lipinski definition) is 4. The molecule has 0 aromatic carbocycles. The Hall–Kier alpha value is 1.03. The minimum atomic E-state index is -1.12. The molecule has 0 unspecified atom stereocenters. The minimum absolute atomic E-state index is 0. The van der Waals surface area contributed by atoms with Gasteiger partial charge in [-0.25, -0.2) is 0 Å².